The van der Waals surface area contributed by atoms with Crippen LogP contribution in [0.5, 0.6) is 0 Å². The molecule has 2 aromatic heterocycles. The van der Waals surface area contributed by atoms with Crippen molar-refractivity contribution in [3.8, 4) is 5.69 Å². The second-order valence-electron chi connectivity index (χ2n) is 6.98. The lowest BCUT2D eigenvalue weighted by Crippen LogP contribution is -2.32. The van der Waals surface area contributed by atoms with Gasteiger partial charge in [-0.3, -0.25) is 14.6 Å². The lowest BCUT2D eigenvalue weighted by molar-refractivity contribution is -0.132. The molecule has 0 unspecified atom stereocenters. The van der Waals surface area contributed by atoms with E-state index in [4.69, 9.17) is 11.6 Å². The fourth-order valence-corrected chi connectivity index (χ4v) is 3.71. The highest BCUT2D eigenvalue weighted by Crippen LogP contribution is 2.26. The highest BCUT2D eigenvalue weighted by Gasteiger charge is 2.21. The van der Waals surface area contributed by atoms with Crippen LogP contribution >= 0.6 is 34.2 Å². The second-order valence-corrected chi connectivity index (χ2v) is 8.58. The summed E-state index contributed by atoms with van der Waals surface area (Å²) >= 11 is 8.55. The summed E-state index contributed by atoms with van der Waals surface area (Å²) in [5, 5.41) is 4.50. The first-order valence-electron chi connectivity index (χ1n) is 9.83. The number of halogens is 2. The van der Waals surface area contributed by atoms with Crippen molar-refractivity contribution in [2.75, 3.05) is 18.5 Å². The van der Waals surface area contributed by atoms with Gasteiger partial charge in [0.15, 0.2) is 5.15 Å². The molecule has 2 heterocycles. The predicted octanol–water partition coefficient (Wildman–Crippen LogP) is 4.32. The first-order valence-corrected chi connectivity index (χ1v) is 11.3. The Kier molecular flexibility index (Phi) is 8.03. The highest BCUT2D eigenvalue weighted by atomic mass is 127. The van der Waals surface area contributed by atoms with E-state index in [0.29, 0.717) is 18.8 Å². The minimum atomic E-state index is -0.175. The first-order chi connectivity index (χ1) is 14.9. The molecule has 7 nitrogen and oxygen atoms in total. The van der Waals surface area contributed by atoms with E-state index in [1.54, 1.807) is 46.2 Å². The summed E-state index contributed by atoms with van der Waals surface area (Å²) in [7, 11) is 1.75. The van der Waals surface area contributed by atoms with Crippen molar-refractivity contribution in [3.05, 3.63) is 69.3 Å². The van der Waals surface area contributed by atoms with Crippen LogP contribution in [0.2, 0.25) is 5.15 Å². The summed E-state index contributed by atoms with van der Waals surface area (Å²) in [6.45, 7) is 2.79. The monoisotopic (exact) mass is 551 g/mol. The van der Waals surface area contributed by atoms with E-state index in [1.807, 2.05) is 37.3 Å². The van der Waals surface area contributed by atoms with E-state index < -0.39 is 0 Å². The van der Waals surface area contributed by atoms with Gasteiger partial charge >= 0.3 is 0 Å². The Bertz CT molecular complexity index is 1040. The third kappa shape index (κ3) is 6.04. The van der Waals surface area contributed by atoms with E-state index in [0.717, 1.165) is 14.8 Å². The zero-order valence-electron chi connectivity index (χ0n) is 17.3. The van der Waals surface area contributed by atoms with Gasteiger partial charge in [0.1, 0.15) is 5.69 Å². The number of hydrogen-bond donors (Lipinski definition) is 0. The lowest BCUT2D eigenvalue weighted by Gasteiger charge is -2.21. The van der Waals surface area contributed by atoms with Gasteiger partial charge in [-0.25, -0.2) is 4.68 Å². The van der Waals surface area contributed by atoms with Gasteiger partial charge in [0.25, 0.3) is 0 Å². The molecule has 0 fully saturated rings. The summed E-state index contributed by atoms with van der Waals surface area (Å²) in [5.74, 6) is -0.258. The van der Waals surface area contributed by atoms with Crippen molar-refractivity contribution in [1.29, 1.82) is 0 Å². The summed E-state index contributed by atoms with van der Waals surface area (Å²) in [5.41, 5.74) is 2.30. The van der Waals surface area contributed by atoms with Crippen LogP contribution in [0.4, 0.5) is 5.69 Å². The molecular weight excluding hydrogens is 529 g/mol. The molecule has 0 saturated heterocycles. The molecule has 0 N–H and O–H groups in total. The topological polar surface area (TPSA) is 71.3 Å². The van der Waals surface area contributed by atoms with Gasteiger partial charge in [0, 0.05) is 42.7 Å². The smallest absolute Gasteiger partial charge is 0.227 e. The number of aromatic nitrogens is 3. The maximum atomic E-state index is 12.8. The van der Waals surface area contributed by atoms with Crippen LogP contribution in [0, 0.1) is 3.57 Å². The van der Waals surface area contributed by atoms with E-state index in [-0.39, 0.29) is 29.8 Å². The van der Waals surface area contributed by atoms with Gasteiger partial charge in [0.05, 0.1) is 18.1 Å². The molecule has 1 aromatic carbocycles. The molecule has 0 bridgehead atoms. The number of pyridine rings is 1. The number of rotatable bonds is 8. The average Bonchev–Trinajstić information content (AvgIpc) is 3.16. The zero-order chi connectivity index (χ0) is 22.4. The third-order valence-corrected chi connectivity index (χ3v) is 5.77. The molecular formula is C22H23ClIN5O2. The summed E-state index contributed by atoms with van der Waals surface area (Å²) in [4.78, 5) is 32.6. The van der Waals surface area contributed by atoms with E-state index >= 15 is 0 Å². The van der Waals surface area contributed by atoms with Crippen molar-refractivity contribution in [2.45, 2.75) is 26.3 Å². The Hall–Kier alpha value is -2.46. The summed E-state index contributed by atoms with van der Waals surface area (Å²) in [6.07, 6.45) is 5.26. The third-order valence-electron chi connectivity index (χ3n) is 4.78. The fraction of sp³-hybridized carbons (Fsp3) is 0.273. The molecule has 0 spiro atoms. The molecule has 31 heavy (non-hydrogen) atoms. The fourth-order valence-electron chi connectivity index (χ4n) is 3.12. The van der Waals surface area contributed by atoms with Crippen LogP contribution in [0.1, 0.15) is 25.3 Å². The van der Waals surface area contributed by atoms with Crippen molar-refractivity contribution >= 4 is 51.7 Å². The van der Waals surface area contributed by atoms with Gasteiger partial charge in [-0.1, -0.05) is 23.7 Å². The van der Waals surface area contributed by atoms with Crippen LogP contribution < -0.4 is 4.90 Å². The van der Waals surface area contributed by atoms with Crippen LogP contribution in [0.3, 0.4) is 0 Å². The van der Waals surface area contributed by atoms with E-state index in [9.17, 15) is 9.59 Å². The van der Waals surface area contributed by atoms with E-state index in [1.165, 1.54) is 0 Å². The van der Waals surface area contributed by atoms with Crippen molar-refractivity contribution in [3.63, 3.8) is 0 Å². The summed E-state index contributed by atoms with van der Waals surface area (Å²) in [6, 6.07) is 11.7. The molecule has 2 amide bonds. The van der Waals surface area contributed by atoms with Gasteiger partial charge in [0.2, 0.25) is 11.8 Å². The van der Waals surface area contributed by atoms with Crippen LogP contribution in [-0.4, -0.2) is 45.1 Å². The van der Waals surface area contributed by atoms with Crippen molar-refractivity contribution in [1.82, 2.24) is 19.7 Å². The maximum Gasteiger partial charge on any atom is 0.227 e. The number of carbonyl (C=O) groups excluding carboxylic acids is 2. The SMILES string of the molecule is CCN(C(=O)CCC(=O)N(C)Cc1ccc(I)cc1)c1cn(-c2cccnc2)nc1Cl. The largest absolute Gasteiger partial charge is 0.341 e. The second kappa shape index (κ2) is 10.7. The molecule has 0 saturated carbocycles. The lowest BCUT2D eigenvalue weighted by atomic mass is 10.2. The molecule has 0 aliphatic rings. The van der Waals surface area contributed by atoms with Crippen LogP contribution in [0.25, 0.3) is 5.69 Å². The average molecular weight is 552 g/mol. The van der Waals surface area contributed by atoms with Gasteiger partial charge < -0.3 is 9.80 Å². The van der Waals surface area contributed by atoms with Crippen LogP contribution in [0.15, 0.2) is 55.0 Å². The molecule has 0 atom stereocenters. The molecule has 0 radical (unpaired) electrons. The zero-order valence-corrected chi connectivity index (χ0v) is 20.2. The standard InChI is InChI=1S/C22H23ClIN5O2/c1-3-28(19-15-29(26-22(19)23)18-5-4-12-25-13-18)21(31)11-10-20(30)27(2)14-16-6-8-17(24)9-7-16/h4-9,12-13,15H,3,10-11,14H2,1-2H3. The Balaban J connectivity index is 1.61. The molecule has 0 aliphatic heterocycles. The number of benzene rings is 1. The number of hydrogen-bond acceptors (Lipinski definition) is 4. The highest BCUT2D eigenvalue weighted by molar-refractivity contribution is 14.1. The minimum Gasteiger partial charge on any atom is -0.341 e. The predicted molar refractivity (Wildman–Crippen MR) is 129 cm³/mol. The summed E-state index contributed by atoms with van der Waals surface area (Å²) < 4.78 is 2.73. The van der Waals surface area contributed by atoms with Crippen LogP contribution in [-0.2, 0) is 16.1 Å². The van der Waals surface area contributed by atoms with E-state index in [2.05, 4.69) is 32.7 Å². The van der Waals surface area contributed by atoms with Crippen molar-refractivity contribution < 1.29 is 9.59 Å². The Morgan fingerprint density at radius 3 is 2.48 bits per heavy atom. The minimum absolute atomic E-state index is 0.0832. The first kappa shape index (κ1) is 23.2. The Labute approximate surface area is 200 Å². The molecule has 162 valence electrons. The van der Waals surface area contributed by atoms with Gasteiger partial charge in [-0.15, -0.1) is 0 Å². The van der Waals surface area contributed by atoms with Gasteiger partial charge in [-0.05, 0) is 59.3 Å². The quantitative estimate of drug-likeness (QED) is 0.391. The normalized spacial score (nSPS) is 10.7. The van der Waals surface area contributed by atoms with Gasteiger partial charge in [-0.2, -0.15) is 5.10 Å². The molecule has 9 heteroatoms. The molecule has 3 aromatic rings. The number of carbonyl (C=O) groups is 2. The Morgan fingerprint density at radius 2 is 1.84 bits per heavy atom. The molecule has 0 aliphatic carbocycles. The maximum absolute atomic E-state index is 12.8. The van der Waals surface area contributed by atoms with Crippen molar-refractivity contribution in [2.24, 2.45) is 0 Å². The Morgan fingerprint density at radius 1 is 1.13 bits per heavy atom. The number of amides is 2. The number of anilines is 1. The number of nitrogens with zero attached hydrogens (tertiary/aromatic N) is 5. The molecule has 3 rings (SSSR count).